The smallest absolute Gasteiger partial charge is 0.124 e. The van der Waals surface area contributed by atoms with Crippen LogP contribution in [0.15, 0.2) is 28.9 Å². The molecule has 1 N–H and O–H groups in total. The summed E-state index contributed by atoms with van der Waals surface area (Å²) in [5, 5.41) is 4.85. The lowest BCUT2D eigenvalue weighted by Gasteiger charge is -2.32. The molecule has 0 atom stereocenters. The summed E-state index contributed by atoms with van der Waals surface area (Å²) < 4.78 is 1.03. The molecule has 0 aliphatic heterocycles. The molecular formula is C21H28BrN3O. The third-order valence-electron chi connectivity index (χ3n) is 5.52. The Morgan fingerprint density at radius 3 is 2.77 bits per heavy atom. The second kappa shape index (κ2) is 8.96. The van der Waals surface area contributed by atoms with Crippen molar-refractivity contribution in [3.05, 3.63) is 34.4 Å². The maximum Gasteiger partial charge on any atom is 0.124 e. The number of rotatable bonds is 7. The van der Waals surface area contributed by atoms with Crippen LogP contribution in [0.1, 0.15) is 38.2 Å². The van der Waals surface area contributed by atoms with Crippen LogP contribution >= 0.6 is 15.9 Å². The number of carbonyl (C=O) groups excluding carboxylic acids is 1. The third kappa shape index (κ3) is 4.63. The van der Waals surface area contributed by atoms with E-state index in [0.29, 0.717) is 12.5 Å². The summed E-state index contributed by atoms with van der Waals surface area (Å²) in [6.07, 6.45) is 8.09. The fraction of sp³-hybridized carbons (Fsp3) is 0.524. The van der Waals surface area contributed by atoms with E-state index in [1.807, 2.05) is 18.3 Å². The largest absolute Gasteiger partial charge is 0.381 e. The molecule has 0 unspecified atom stereocenters. The Kier molecular flexibility index (Phi) is 6.65. The zero-order valence-electron chi connectivity index (χ0n) is 15.7. The van der Waals surface area contributed by atoms with Gasteiger partial charge in [0.05, 0.1) is 5.52 Å². The average molecular weight is 418 g/mol. The molecule has 1 heterocycles. The summed E-state index contributed by atoms with van der Waals surface area (Å²) in [5.41, 5.74) is 3.03. The van der Waals surface area contributed by atoms with Crippen molar-refractivity contribution in [1.82, 2.24) is 9.88 Å². The first-order chi connectivity index (χ1) is 12.6. The van der Waals surface area contributed by atoms with Crippen LogP contribution in [0.3, 0.4) is 0 Å². The summed E-state index contributed by atoms with van der Waals surface area (Å²) in [5.74, 6) is 0.802. The highest BCUT2D eigenvalue weighted by Gasteiger charge is 2.23. The molecular weight excluding hydrogens is 390 g/mol. The Morgan fingerprint density at radius 1 is 1.31 bits per heavy atom. The van der Waals surface area contributed by atoms with Gasteiger partial charge in [-0.15, -0.1) is 0 Å². The van der Waals surface area contributed by atoms with Crippen molar-refractivity contribution in [2.24, 2.45) is 5.92 Å². The van der Waals surface area contributed by atoms with Gasteiger partial charge in [0.25, 0.3) is 0 Å². The van der Waals surface area contributed by atoms with Crippen molar-refractivity contribution in [1.29, 1.82) is 0 Å². The van der Waals surface area contributed by atoms with Crippen LogP contribution in [0.25, 0.3) is 10.9 Å². The predicted octanol–water partition coefficient (Wildman–Crippen LogP) is 4.66. The Balaban J connectivity index is 1.77. The highest BCUT2D eigenvalue weighted by atomic mass is 79.9. The lowest BCUT2D eigenvalue weighted by molar-refractivity contribution is -0.107. The number of pyridine rings is 1. The Hall–Kier alpha value is -1.46. The van der Waals surface area contributed by atoms with E-state index in [-0.39, 0.29) is 0 Å². The van der Waals surface area contributed by atoms with Gasteiger partial charge >= 0.3 is 0 Å². The van der Waals surface area contributed by atoms with Crippen molar-refractivity contribution >= 4 is 38.8 Å². The Labute approximate surface area is 164 Å². The van der Waals surface area contributed by atoms with Gasteiger partial charge in [0.2, 0.25) is 0 Å². The second-order valence-corrected chi connectivity index (χ2v) is 8.32. The van der Waals surface area contributed by atoms with Crippen molar-refractivity contribution < 1.29 is 4.79 Å². The standard InChI is InChI=1S/C21H28BrN3O/c1-3-25(2)14-15-4-7-18(8-5-15)24-21-16(10-11-26)13-23-20-9-6-17(22)12-19(20)21/h6,9,11-13,15,18H,3-5,7-8,10,14H2,1-2H3,(H,23,24). The number of nitrogens with one attached hydrogen (secondary N) is 1. The molecule has 1 aliphatic carbocycles. The quantitative estimate of drug-likeness (QED) is 0.665. The van der Waals surface area contributed by atoms with Gasteiger partial charge in [-0.1, -0.05) is 22.9 Å². The van der Waals surface area contributed by atoms with E-state index in [2.05, 4.69) is 51.2 Å². The van der Waals surface area contributed by atoms with Gasteiger partial charge in [0, 0.05) is 46.3 Å². The van der Waals surface area contributed by atoms with Crippen LogP contribution in [0.2, 0.25) is 0 Å². The Morgan fingerprint density at radius 2 is 2.08 bits per heavy atom. The highest BCUT2D eigenvalue weighted by Crippen LogP contribution is 2.33. The number of hydrogen-bond acceptors (Lipinski definition) is 4. The minimum atomic E-state index is 0.397. The summed E-state index contributed by atoms with van der Waals surface area (Å²) in [6.45, 7) is 4.53. The molecule has 3 rings (SSSR count). The molecule has 5 heteroatoms. The molecule has 1 aromatic heterocycles. The molecule has 1 aromatic carbocycles. The molecule has 0 saturated heterocycles. The van der Waals surface area contributed by atoms with Crippen molar-refractivity contribution in [2.75, 3.05) is 25.5 Å². The van der Waals surface area contributed by atoms with Gasteiger partial charge in [-0.25, -0.2) is 0 Å². The van der Waals surface area contributed by atoms with E-state index >= 15 is 0 Å². The number of nitrogens with zero attached hydrogens (tertiary/aromatic N) is 2. The van der Waals surface area contributed by atoms with Gasteiger partial charge in [-0.3, -0.25) is 4.98 Å². The molecule has 2 aromatic rings. The van der Waals surface area contributed by atoms with Gasteiger partial charge in [-0.05, 0) is 63.4 Å². The van der Waals surface area contributed by atoms with Crippen LogP contribution in [-0.4, -0.2) is 42.3 Å². The fourth-order valence-electron chi connectivity index (χ4n) is 3.88. The molecule has 0 radical (unpaired) electrons. The zero-order valence-corrected chi connectivity index (χ0v) is 17.3. The van der Waals surface area contributed by atoms with E-state index in [1.54, 1.807) is 0 Å². The number of anilines is 1. The average Bonchev–Trinajstić information content (AvgIpc) is 2.65. The van der Waals surface area contributed by atoms with E-state index in [4.69, 9.17) is 0 Å². The molecule has 1 fully saturated rings. The molecule has 0 spiro atoms. The van der Waals surface area contributed by atoms with Crippen molar-refractivity contribution in [3.63, 3.8) is 0 Å². The first kappa shape index (κ1) is 19.3. The summed E-state index contributed by atoms with van der Waals surface area (Å²) >= 11 is 3.56. The third-order valence-corrected chi connectivity index (χ3v) is 6.01. The molecule has 140 valence electrons. The maximum absolute atomic E-state index is 11.1. The number of aldehydes is 1. The van der Waals surface area contributed by atoms with Gasteiger partial charge < -0.3 is 15.0 Å². The number of benzene rings is 1. The van der Waals surface area contributed by atoms with Crippen LogP contribution in [0, 0.1) is 5.92 Å². The SMILES string of the molecule is CCN(C)CC1CCC(Nc2c(CC=O)cnc3ccc(Br)cc23)CC1. The van der Waals surface area contributed by atoms with Gasteiger partial charge in [0.1, 0.15) is 6.29 Å². The number of aromatic nitrogens is 1. The zero-order chi connectivity index (χ0) is 18.5. The summed E-state index contributed by atoms with van der Waals surface area (Å²) in [6, 6.07) is 6.59. The van der Waals surface area contributed by atoms with E-state index in [9.17, 15) is 4.79 Å². The fourth-order valence-corrected chi connectivity index (χ4v) is 4.25. The second-order valence-electron chi connectivity index (χ2n) is 7.41. The molecule has 1 aliphatic rings. The molecule has 4 nitrogen and oxygen atoms in total. The number of hydrogen-bond donors (Lipinski definition) is 1. The topological polar surface area (TPSA) is 45.2 Å². The van der Waals surface area contributed by atoms with Crippen LogP contribution in [0.5, 0.6) is 0 Å². The van der Waals surface area contributed by atoms with Crippen LogP contribution in [-0.2, 0) is 11.2 Å². The van der Waals surface area contributed by atoms with E-state index in [1.165, 1.54) is 32.2 Å². The minimum Gasteiger partial charge on any atom is -0.381 e. The van der Waals surface area contributed by atoms with Crippen LogP contribution < -0.4 is 5.32 Å². The molecule has 0 amide bonds. The van der Waals surface area contributed by atoms with E-state index < -0.39 is 0 Å². The van der Waals surface area contributed by atoms with Gasteiger partial charge in [0.15, 0.2) is 0 Å². The maximum atomic E-state index is 11.1. The van der Waals surface area contributed by atoms with Crippen molar-refractivity contribution in [2.45, 2.75) is 45.1 Å². The minimum absolute atomic E-state index is 0.397. The molecule has 26 heavy (non-hydrogen) atoms. The lowest BCUT2D eigenvalue weighted by Crippen LogP contribution is -2.32. The number of fused-ring (bicyclic) bond motifs is 1. The molecule has 0 bridgehead atoms. The monoisotopic (exact) mass is 417 g/mol. The van der Waals surface area contributed by atoms with E-state index in [0.717, 1.165) is 45.4 Å². The lowest BCUT2D eigenvalue weighted by atomic mass is 9.85. The Bertz CT molecular complexity index is 756. The molecule has 1 saturated carbocycles. The normalized spacial score (nSPS) is 20.5. The number of carbonyl (C=O) groups is 1. The summed E-state index contributed by atoms with van der Waals surface area (Å²) in [7, 11) is 2.21. The highest BCUT2D eigenvalue weighted by molar-refractivity contribution is 9.10. The van der Waals surface area contributed by atoms with Crippen LogP contribution in [0.4, 0.5) is 5.69 Å². The summed E-state index contributed by atoms with van der Waals surface area (Å²) in [4.78, 5) is 18.1. The first-order valence-electron chi connectivity index (χ1n) is 9.56. The predicted molar refractivity (Wildman–Crippen MR) is 112 cm³/mol. The van der Waals surface area contributed by atoms with Crippen molar-refractivity contribution in [3.8, 4) is 0 Å². The van der Waals surface area contributed by atoms with Gasteiger partial charge in [-0.2, -0.15) is 0 Å². The first-order valence-corrected chi connectivity index (χ1v) is 10.4. The number of halogens is 1.